The number of fused-ring (bicyclic) bond motifs is 1. The minimum absolute atomic E-state index is 0.153. The van der Waals surface area contributed by atoms with Crippen LogP contribution in [0.15, 0.2) is 60.7 Å². The molecule has 3 amide bonds. The standard InChI is InChI=1S/C23H25N3O4/c1-3-29-19-8-10-20(11-9-19)30-21-7-6-17-12-16(4-5-18(17)13-21)15(2)26-22(27)14-25-23(24)28/h4-13,15H,3,14H2,1-2H3,(H,26,27)(H3,24,25,28). The van der Waals surface area contributed by atoms with E-state index in [0.717, 1.165) is 33.6 Å². The van der Waals surface area contributed by atoms with Crippen molar-refractivity contribution >= 4 is 22.7 Å². The van der Waals surface area contributed by atoms with Crippen LogP contribution in [-0.4, -0.2) is 25.1 Å². The van der Waals surface area contributed by atoms with Gasteiger partial charge in [0.1, 0.15) is 17.2 Å². The van der Waals surface area contributed by atoms with Gasteiger partial charge in [-0.1, -0.05) is 18.2 Å². The molecular formula is C23H25N3O4. The maximum Gasteiger partial charge on any atom is 0.312 e. The largest absolute Gasteiger partial charge is 0.494 e. The number of rotatable bonds is 8. The highest BCUT2D eigenvalue weighted by molar-refractivity contribution is 5.86. The Hall–Kier alpha value is -3.74. The summed E-state index contributed by atoms with van der Waals surface area (Å²) in [7, 11) is 0. The van der Waals surface area contributed by atoms with E-state index in [1.807, 2.05) is 74.5 Å². The van der Waals surface area contributed by atoms with Gasteiger partial charge in [0, 0.05) is 0 Å². The van der Waals surface area contributed by atoms with Crippen LogP contribution in [0.4, 0.5) is 4.79 Å². The average Bonchev–Trinajstić information content (AvgIpc) is 2.73. The predicted molar refractivity (Wildman–Crippen MR) is 116 cm³/mol. The monoisotopic (exact) mass is 407 g/mol. The van der Waals surface area contributed by atoms with Gasteiger partial charge in [-0.3, -0.25) is 4.79 Å². The van der Waals surface area contributed by atoms with Crippen molar-refractivity contribution in [3.63, 3.8) is 0 Å². The van der Waals surface area contributed by atoms with Crippen LogP contribution in [0, 0.1) is 0 Å². The molecule has 1 atom stereocenters. The van der Waals surface area contributed by atoms with Crippen LogP contribution in [-0.2, 0) is 4.79 Å². The van der Waals surface area contributed by atoms with Crippen molar-refractivity contribution in [3.8, 4) is 17.2 Å². The zero-order chi connectivity index (χ0) is 21.5. The van der Waals surface area contributed by atoms with Gasteiger partial charge in [0.05, 0.1) is 19.2 Å². The molecular weight excluding hydrogens is 382 g/mol. The highest BCUT2D eigenvalue weighted by Crippen LogP contribution is 2.28. The second kappa shape index (κ2) is 9.65. The third kappa shape index (κ3) is 5.64. The maximum atomic E-state index is 11.9. The first-order valence-electron chi connectivity index (χ1n) is 9.71. The predicted octanol–water partition coefficient (Wildman–Crippen LogP) is 3.88. The van der Waals surface area contributed by atoms with Gasteiger partial charge in [-0.05, 0) is 72.6 Å². The van der Waals surface area contributed by atoms with E-state index in [4.69, 9.17) is 15.2 Å². The van der Waals surface area contributed by atoms with Crippen LogP contribution >= 0.6 is 0 Å². The lowest BCUT2D eigenvalue weighted by Crippen LogP contribution is -2.40. The van der Waals surface area contributed by atoms with Gasteiger partial charge in [0.2, 0.25) is 5.91 Å². The van der Waals surface area contributed by atoms with E-state index in [1.165, 1.54) is 0 Å². The minimum Gasteiger partial charge on any atom is -0.494 e. The number of carbonyl (C=O) groups excluding carboxylic acids is 2. The second-order valence-corrected chi connectivity index (χ2v) is 6.78. The van der Waals surface area contributed by atoms with E-state index in [9.17, 15) is 9.59 Å². The molecule has 0 aliphatic rings. The first kappa shape index (κ1) is 21.0. The van der Waals surface area contributed by atoms with Crippen molar-refractivity contribution in [3.05, 3.63) is 66.2 Å². The Kier molecular flexibility index (Phi) is 6.75. The molecule has 0 aliphatic heterocycles. The van der Waals surface area contributed by atoms with Gasteiger partial charge >= 0.3 is 6.03 Å². The molecule has 3 rings (SSSR count). The number of nitrogens with two attached hydrogens (primary N) is 1. The Bertz CT molecular complexity index is 1030. The molecule has 1 unspecified atom stereocenters. The van der Waals surface area contributed by atoms with E-state index in [1.54, 1.807) is 0 Å². The number of amides is 3. The van der Waals surface area contributed by atoms with Crippen LogP contribution in [0.5, 0.6) is 17.2 Å². The number of hydrogen-bond acceptors (Lipinski definition) is 4. The molecule has 3 aromatic rings. The first-order valence-corrected chi connectivity index (χ1v) is 9.71. The van der Waals surface area contributed by atoms with Crippen molar-refractivity contribution in [1.29, 1.82) is 0 Å². The smallest absolute Gasteiger partial charge is 0.312 e. The molecule has 3 aromatic carbocycles. The van der Waals surface area contributed by atoms with Gasteiger partial charge in [-0.25, -0.2) is 4.79 Å². The molecule has 0 saturated heterocycles. The summed E-state index contributed by atoms with van der Waals surface area (Å²) in [6.07, 6.45) is 0. The topological polar surface area (TPSA) is 103 Å². The Balaban J connectivity index is 1.67. The Labute approximate surface area is 175 Å². The highest BCUT2D eigenvalue weighted by Gasteiger charge is 2.11. The normalized spacial score (nSPS) is 11.5. The fraction of sp³-hybridized carbons (Fsp3) is 0.217. The van der Waals surface area contributed by atoms with E-state index >= 15 is 0 Å². The zero-order valence-electron chi connectivity index (χ0n) is 17.0. The van der Waals surface area contributed by atoms with Gasteiger partial charge in [-0.15, -0.1) is 0 Å². The summed E-state index contributed by atoms with van der Waals surface area (Å²) in [5, 5.41) is 7.16. The summed E-state index contributed by atoms with van der Waals surface area (Å²) in [5.41, 5.74) is 5.93. The first-order chi connectivity index (χ1) is 14.4. The average molecular weight is 407 g/mol. The van der Waals surface area contributed by atoms with Gasteiger partial charge in [0.25, 0.3) is 0 Å². The number of hydrogen-bond donors (Lipinski definition) is 3. The SMILES string of the molecule is CCOc1ccc(Oc2ccc3cc(C(C)NC(=O)CNC(N)=O)ccc3c2)cc1. The molecule has 0 bridgehead atoms. The number of nitrogens with one attached hydrogen (secondary N) is 2. The van der Waals surface area contributed by atoms with Crippen molar-refractivity contribution in [2.45, 2.75) is 19.9 Å². The third-order valence-electron chi connectivity index (χ3n) is 4.51. The second-order valence-electron chi connectivity index (χ2n) is 6.78. The van der Waals surface area contributed by atoms with Crippen LogP contribution in [0.3, 0.4) is 0 Å². The summed E-state index contributed by atoms with van der Waals surface area (Å²) < 4.78 is 11.4. The molecule has 0 radical (unpaired) electrons. The molecule has 7 heteroatoms. The zero-order valence-corrected chi connectivity index (χ0v) is 17.0. The Morgan fingerprint density at radius 3 is 2.27 bits per heavy atom. The van der Waals surface area contributed by atoms with Crippen LogP contribution in [0.2, 0.25) is 0 Å². The molecule has 30 heavy (non-hydrogen) atoms. The maximum absolute atomic E-state index is 11.9. The number of primary amides is 1. The van der Waals surface area contributed by atoms with Crippen LogP contribution in [0.25, 0.3) is 10.8 Å². The van der Waals surface area contributed by atoms with Gasteiger partial charge in [0.15, 0.2) is 0 Å². The molecule has 0 saturated carbocycles. The molecule has 0 heterocycles. The number of carbonyl (C=O) groups is 2. The molecule has 0 aromatic heterocycles. The van der Waals surface area contributed by atoms with E-state index in [-0.39, 0.29) is 18.5 Å². The van der Waals surface area contributed by atoms with Crippen LogP contribution in [0.1, 0.15) is 25.5 Å². The molecule has 7 nitrogen and oxygen atoms in total. The summed E-state index contributed by atoms with van der Waals surface area (Å²) in [4.78, 5) is 22.6. The van der Waals surface area contributed by atoms with Crippen molar-refractivity contribution in [1.82, 2.24) is 10.6 Å². The van der Waals surface area contributed by atoms with Gasteiger partial charge in [-0.2, -0.15) is 0 Å². The van der Waals surface area contributed by atoms with Crippen molar-refractivity contribution in [2.24, 2.45) is 5.73 Å². The quantitative estimate of drug-likeness (QED) is 0.527. The van der Waals surface area contributed by atoms with Crippen LogP contribution < -0.4 is 25.8 Å². The number of urea groups is 1. The lowest BCUT2D eigenvalue weighted by Gasteiger charge is -2.15. The highest BCUT2D eigenvalue weighted by atomic mass is 16.5. The van der Waals surface area contributed by atoms with E-state index < -0.39 is 6.03 Å². The Morgan fingerprint density at radius 2 is 1.57 bits per heavy atom. The summed E-state index contributed by atoms with van der Waals surface area (Å²) in [6, 6.07) is 18.4. The molecule has 0 aliphatic carbocycles. The molecule has 156 valence electrons. The van der Waals surface area contributed by atoms with E-state index in [2.05, 4.69) is 10.6 Å². The molecule has 0 spiro atoms. The van der Waals surface area contributed by atoms with E-state index in [0.29, 0.717) is 6.61 Å². The summed E-state index contributed by atoms with van der Waals surface area (Å²) in [5.74, 6) is 1.97. The molecule has 0 fully saturated rings. The third-order valence-corrected chi connectivity index (χ3v) is 4.51. The van der Waals surface area contributed by atoms with Crippen molar-refractivity contribution in [2.75, 3.05) is 13.2 Å². The minimum atomic E-state index is -0.730. The Morgan fingerprint density at radius 1 is 0.933 bits per heavy atom. The van der Waals surface area contributed by atoms with Gasteiger partial charge < -0.3 is 25.8 Å². The number of benzene rings is 3. The fourth-order valence-corrected chi connectivity index (χ4v) is 3.03. The fourth-order valence-electron chi connectivity index (χ4n) is 3.03. The lowest BCUT2D eigenvalue weighted by molar-refractivity contribution is -0.120. The lowest BCUT2D eigenvalue weighted by atomic mass is 10.0. The molecule has 4 N–H and O–H groups in total. The summed E-state index contributed by atoms with van der Waals surface area (Å²) in [6.45, 7) is 4.30. The van der Waals surface area contributed by atoms with Crippen molar-refractivity contribution < 1.29 is 19.1 Å². The summed E-state index contributed by atoms with van der Waals surface area (Å²) >= 11 is 0. The number of ether oxygens (including phenoxy) is 2.